The summed E-state index contributed by atoms with van der Waals surface area (Å²) in [6.07, 6.45) is 2.52. The third kappa shape index (κ3) is 7.73. The van der Waals surface area contributed by atoms with Crippen LogP contribution in [0.5, 0.6) is 11.5 Å². The molecule has 0 fully saturated rings. The van der Waals surface area contributed by atoms with Crippen LogP contribution in [-0.2, 0) is 0 Å². The third-order valence-electron chi connectivity index (χ3n) is 2.80. The van der Waals surface area contributed by atoms with Gasteiger partial charge in [0.2, 0.25) is 0 Å². The van der Waals surface area contributed by atoms with Crippen LogP contribution in [0.3, 0.4) is 0 Å². The Morgan fingerprint density at radius 1 is 1.11 bits per heavy atom. The molecule has 1 N–H and O–H groups in total. The summed E-state index contributed by atoms with van der Waals surface area (Å²) in [6.45, 7) is 9.83. The summed E-state index contributed by atoms with van der Waals surface area (Å²) in [7, 11) is 0. The van der Waals surface area contributed by atoms with Gasteiger partial charge in [0, 0.05) is 12.6 Å². The summed E-state index contributed by atoms with van der Waals surface area (Å²) in [5, 5.41) is 3.39. The van der Waals surface area contributed by atoms with Crippen molar-refractivity contribution in [3.63, 3.8) is 0 Å². The van der Waals surface area contributed by atoms with Crippen molar-refractivity contribution in [1.82, 2.24) is 5.32 Å². The first kappa shape index (κ1) is 15.8. The van der Waals surface area contributed by atoms with Crippen LogP contribution in [0.1, 0.15) is 33.6 Å². The van der Waals surface area contributed by atoms with Gasteiger partial charge >= 0.3 is 0 Å². The molecule has 108 valence electrons. The Morgan fingerprint density at radius 2 is 1.84 bits per heavy atom. The lowest BCUT2D eigenvalue weighted by molar-refractivity contribution is 0.306. The maximum atomic E-state index is 5.68. The van der Waals surface area contributed by atoms with Gasteiger partial charge in [0.05, 0.1) is 6.61 Å². The Morgan fingerprint density at radius 3 is 2.53 bits per heavy atom. The highest BCUT2D eigenvalue weighted by atomic mass is 16.5. The molecule has 1 aromatic carbocycles. The monoisotopic (exact) mass is 265 g/mol. The molecule has 0 aliphatic rings. The SMILES string of the molecule is CCOc1cccc(OCCNCCCC(C)C)c1. The molecule has 0 atom stereocenters. The zero-order chi connectivity index (χ0) is 13.9. The van der Waals surface area contributed by atoms with Crippen molar-refractivity contribution < 1.29 is 9.47 Å². The fraction of sp³-hybridized carbons (Fsp3) is 0.625. The highest BCUT2D eigenvalue weighted by molar-refractivity contribution is 5.32. The fourth-order valence-electron chi connectivity index (χ4n) is 1.82. The first-order chi connectivity index (χ1) is 9.22. The number of hydrogen-bond donors (Lipinski definition) is 1. The Kier molecular flexibility index (Phi) is 8.07. The van der Waals surface area contributed by atoms with Crippen LogP contribution >= 0.6 is 0 Å². The van der Waals surface area contributed by atoms with Gasteiger partial charge in [0.15, 0.2) is 0 Å². The second-order valence-corrected chi connectivity index (χ2v) is 5.04. The van der Waals surface area contributed by atoms with E-state index in [9.17, 15) is 0 Å². The van der Waals surface area contributed by atoms with E-state index in [1.54, 1.807) is 0 Å². The second-order valence-electron chi connectivity index (χ2n) is 5.04. The molecule has 0 saturated carbocycles. The number of hydrogen-bond acceptors (Lipinski definition) is 3. The Balaban J connectivity index is 2.10. The molecule has 1 rings (SSSR count). The van der Waals surface area contributed by atoms with Crippen molar-refractivity contribution in [3.05, 3.63) is 24.3 Å². The molecular formula is C16H27NO2. The lowest BCUT2D eigenvalue weighted by Crippen LogP contribution is -2.22. The first-order valence-corrected chi connectivity index (χ1v) is 7.28. The fourth-order valence-corrected chi connectivity index (χ4v) is 1.82. The Bertz CT molecular complexity index is 339. The number of nitrogens with one attached hydrogen (secondary N) is 1. The van der Waals surface area contributed by atoms with E-state index < -0.39 is 0 Å². The Labute approximate surface area is 117 Å². The summed E-state index contributed by atoms with van der Waals surface area (Å²) >= 11 is 0. The number of rotatable bonds is 10. The predicted molar refractivity (Wildman–Crippen MR) is 80.0 cm³/mol. The van der Waals surface area contributed by atoms with E-state index in [2.05, 4.69) is 19.2 Å². The lowest BCUT2D eigenvalue weighted by Gasteiger charge is -2.09. The van der Waals surface area contributed by atoms with E-state index in [-0.39, 0.29) is 0 Å². The van der Waals surface area contributed by atoms with Gasteiger partial charge in [-0.1, -0.05) is 19.9 Å². The van der Waals surface area contributed by atoms with Gasteiger partial charge in [-0.25, -0.2) is 0 Å². The summed E-state index contributed by atoms with van der Waals surface area (Å²) in [4.78, 5) is 0. The highest BCUT2D eigenvalue weighted by Gasteiger charge is 1.97. The standard InChI is InChI=1S/C16H27NO2/c1-4-18-15-8-5-9-16(13-15)19-12-11-17-10-6-7-14(2)3/h5,8-9,13-14,17H,4,6-7,10-12H2,1-3H3. The van der Waals surface area contributed by atoms with Crippen LogP contribution in [0.25, 0.3) is 0 Å². The molecule has 0 aromatic heterocycles. The van der Waals surface area contributed by atoms with Crippen LogP contribution in [0, 0.1) is 5.92 Å². The van der Waals surface area contributed by atoms with Crippen molar-refractivity contribution >= 4 is 0 Å². The topological polar surface area (TPSA) is 30.5 Å². The van der Waals surface area contributed by atoms with E-state index in [4.69, 9.17) is 9.47 Å². The maximum Gasteiger partial charge on any atom is 0.123 e. The minimum atomic E-state index is 0.681. The molecule has 3 heteroatoms. The van der Waals surface area contributed by atoms with Gasteiger partial charge in [-0.15, -0.1) is 0 Å². The van der Waals surface area contributed by atoms with Gasteiger partial charge in [-0.05, 0) is 44.4 Å². The zero-order valence-electron chi connectivity index (χ0n) is 12.4. The zero-order valence-corrected chi connectivity index (χ0v) is 12.4. The lowest BCUT2D eigenvalue weighted by atomic mass is 10.1. The van der Waals surface area contributed by atoms with Crippen molar-refractivity contribution in [2.45, 2.75) is 33.6 Å². The molecule has 19 heavy (non-hydrogen) atoms. The van der Waals surface area contributed by atoms with Crippen LogP contribution in [0.2, 0.25) is 0 Å². The van der Waals surface area contributed by atoms with Crippen LogP contribution < -0.4 is 14.8 Å². The van der Waals surface area contributed by atoms with Crippen molar-refractivity contribution in [2.24, 2.45) is 5.92 Å². The molecule has 0 amide bonds. The third-order valence-corrected chi connectivity index (χ3v) is 2.80. The van der Waals surface area contributed by atoms with E-state index in [0.29, 0.717) is 13.2 Å². The minimum Gasteiger partial charge on any atom is -0.494 e. The average molecular weight is 265 g/mol. The van der Waals surface area contributed by atoms with Crippen molar-refractivity contribution in [2.75, 3.05) is 26.3 Å². The molecule has 0 spiro atoms. The second kappa shape index (κ2) is 9.68. The van der Waals surface area contributed by atoms with Gasteiger partial charge in [0.25, 0.3) is 0 Å². The summed E-state index contributed by atoms with van der Waals surface area (Å²) in [5.41, 5.74) is 0. The normalized spacial score (nSPS) is 10.7. The van der Waals surface area contributed by atoms with E-state index >= 15 is 0 Å². The largest absolute Gasteiger partial charge is 0.494 e. The van der Waals surface area contributed by atoms with Crippen LogP contribution in [0.4, 0.5) is 0 Å². The van der Waals surface area contributed by atoms with Gasteiger partial charge in [-0.3, -0.25) is 0 Å². The van der Waals surface area contributed by atoms with Gasteiger partial charge in [-0.2, -0.15) is 0 Å². The first-order valence-electron chi connectivity index (χ1n) is 7.28. The molecule has 0 aliphatic carbocycles. The van der Waals surface area contributed by atoms with E-state index in [0.717, 1.165) is 30.5 Å². The molecule has 3 nitrogen and oxygen atoms in total. The average Bonchev–Trinajstić information content (AvgIpc) is 2.38. The highest BCUT2D eigenvalue weighted by Crippen LogP contribution is 2.19. The quantitative estimate of drug-likeness (QED) is 0.657. The molecule has 1 aromatic rings. The summed E-state index contributed by atoms with van der Waals surface area (Å²) in [5.74, 6) is 2.53. The minimum absolute atomic E-state index is 0.681. The van der Waals surface area contributed by atoms with Crippen molar-refractivity contribution in [1.29, 1.82) is 0 Å². The summed E-state index contributed by atoms with van der Waals surface area (Å²) < 4.78 is 11.1. The molecular weight excluding hydrogens is 238 g/mol. The molecule has 0 aliphatic heterocycles. The van der Waals surface area contributed by atoms with Gasteiger partial charge < -0.3 is 14.8 Å². The number of benzene rings is 1. The molecule has 0 unspecified atom stereocenters. The molecule has 0 saturated heterocycles. The van der Waals surface area contributed by atoms with Gasteiger partial charge in [0.1, 0.15) is 18.1 Å². The maximum absolute atomic E-state index is 5.68. The Hall–Kier alpha value is -1.22. The predicted octanol–water partition coefficient (Wildman–Crippen LogP) is 3.49. The van der Waals surface area contributed by atoms with Crippen molar-refractivity contribution in [3.8, 4) is 11.5 Å². The molecule has 0 radical (unpaired) electrons. The number of ether oxygens (including phenoxy) is 2. The van der Waals surface area contributed by atoms with E-state index in [1.165, 1.54) is 12.8 Å². The summed E-state index contributed by atoms with van der Waals surface area (Å²) in [6, 6.07) is 7.79. The van der Waals surface area contributed by atoms with Crippen LogP contribution in [0.15, 0.2) is 24.3 Å². The smallest absolute Gasteiger partial charge is 0.123 e. The molecule has 0 bridgehead atoms. The molecule has 0 heterocycles. The van der Waals surface area contributed by atoms with E-state index in [1.807, 2.05) is 31.2 Å². The van der Waals surface area contributed by atoms with Crippen LogP contribution in [-0.4, -0.2) is 26.3 Å².